The van der Waals surface area contributed by atoms with E-state index in [2.05, 4.69) is 5.32 Å². The van der Waals surface area contributed by atoms with Crippen LogP contribution in [-0.2, 0) is 25.7 Å². The summed E-state index contributed by atoms with van der Waals surface area (Å²) < 4.78 is 10.2. The van der Waals surface area contributed by atoms with Gasteiger partial charge in [-0.15, -0.1) is 0 Å². The Balaban J connectivity index is 1.98. The van der Waals surface area contributed by atoms with E-state index < -0.39 is 17.4 Å². The number of methoxy groups -OCH3 is 2. The molecule has 2 N–H and O–H groups in total. The minimum Gasteiger partial charge on any atom is -0.497 e. The zero-order chi connectivity index (χ0) is 20.0. The first-order valence-corrected chi connectivity index (χ1v) is 8.70. The third kappa shape index (κ3) is 5.68. The number of carboxylic acid groups (broad SMARTS) is 1. The van der Waals surface area contributed by atoms with Crippen LogP contribution in [0.3, 0.4) is 0 Å². The van der Waals surface area contributed by atoms with Gasteiger partial charge in [0.1, 0.15) is 5.75 Å². The molecule has 0 bridgehead atoms. The third-order valence-corrected chi connectivity index (χ3v) is 4.55. The number of nitrogens with one attached hydrogen (secondary N) is 1. The number of hydrogen-bond acceptors (Lipinski definition) is 5. The van der Waals surface area contributed by atoms with Crippen LogP contribution in [0, 0.1) is 5.92 Å². The topological polar surface area (TPSA) is 105 Å². The second kappa shape index (κ2) is 8.85. The number of likely N-dealkylation sites (tertiary alicyclic amines) is 1. The number of benzene rings is 1. The highest BCUT2D eigenvalue weighted by atomic mass is 16.5. The van der Waals surface area contributed by atoms with Crippen molar-refractivity contribution in [2.45, 2.75) is 31.8 Å². The van der Waals surface area contributed by atoms with Crippen molar-refractivity contribution in [2.75, 3.05) is 27.4 Å². The van der Waals surface area contributed by atoms with Gasteiger partial charge in [-0.25, -0.2) is 0 Å². The second-order valence-electron chi connectivity index (χ2n) is 7.08. The lowest BCUT2D eigenvalue weighted by Gasteiger charge is -2.29. The van der Waals surface area contributed by atoms with Gasteiger partial charge >= 0.3 is 5.97 Å². The first-order valence-electron chi connectivity index (χ1n) is 8.70. The highest BCUT2D eigenvalue weighted by Crippen LogP contribution is 2.23. The van der Waals surface area contributed by atoms with E-state index in [0.717, 1.165) is 11.3 Å². The molecular weight excluding hydrogens is 352 g/mol. The van der Waals surface area contributed by atoms with Crippen LogP contribution in [0.5, 0.6) is 5.75 Å². The number of ether oxygens (including phenoxy) is 2. The van der Waals surface area contributed by atoms with Crippen molar-refractivity contribution in [2.24, 2.45) is 5.92 Å². The Kier molecular flexibility index (Phi) is 6.79. The molecule has 1 aromatic rings. The summed E-state index contributed by atoms with van der Waals surface area (Å²) in [5.41, 5.74) is -0.0790. The number of carbonyl (C=O) groups excluding carboxylic acids is 2. The Labute approximate surface area is 158 Å². The Morgan fingerprint density at radius 3 is 2.52 bits per heavy atom. The number of nitrogens with zero attached hydrogens (tertiary/aromatic N) is 1. The molecule has 1 heterocycles. The van der Waals surface area contributed by atoms with E-state index >= 15 is 0 Å². The minimum atomic E-state index is -1.03. The largest absolute Gasteiger partial charge is 0.497 e. The molecule has 8 heteroatoms. The average molecular weight is 378 g/mol. The van der Waals surface area contributed by atoms with E-state index in [4.69, 9.17) is 14.6 Å². The fourth-order valence-electron chi connectivity index (χ4n) is 3.24. The van der Waals surface area contributed by atoms with Gasteiger partial charge in [-0.2, -0.15) is 0 Å². The molecule has 2 rings (SSSR count). The van der Waals surface area contributed by atoms with Crippen LogP contribution in [0.1, 0.15) is 25.3 Å². The van der Waals surface area contributed by atoms with E-state index in [-0.39, 0.29) is 31.3 Å². The summed E-state index contributed by atoms with van der Waals surface area (Å²) in [6.07, 6.45) is -0.152. The van der Waals surface area contributed by atoms with Gasteiger partial charge < -0.3 is 24.8 Å². The molecule has 148 valence electrons. The number of amides is 2. The van der Waals surface area contributed by atoms with Crippen molar-refractivity contribution in [3.63, 3.8) is 0 Å². The Morgan fingerprint density at radius 1 is 1.30 bits per heavy atom. The first kappa shape index (κ1) is 20.7. The van der Waals surface area contributed by atoms with Crippen molar-refractivity contribution in [1.29, 1.82) is 0 Å². The van der Waals surface area contributed by atoms with Gasteiger partial charge in [-0.1, -0.05) is 12.1 Å². The summed E-state index contributed by atoms with van der Waals surface area (Å²) in [5, 5.41) is 11.8. The summed E-state index contributed by atoms with van der Waals surface area (Å²) in [7, 11) is 3.03. The molecule has 2 unspecified atom stereocenters. The maximum absolute atomic E-state index is 12.6. The third-order valence-electron chi connectivity index (χ3n) is 4.55. The molecule has 0 saturated carbocycles. The van der Waals surface area contributed by atoms with Gasteiger partial charge in [-0.3, -0.25) is 14.4 Å². The molecule has 0 spiro atoms. The SMILES string of the molecule is COCC(C)(CC(=O)O)NC(=O)C1CC(=O)N(Cc2ccc(OC)cc2)C1. The summed E-state index contributed by atoms with van der Waals surface area (Å²) >= 11 is 0. The highest BCUT2D eigenvalue weighted by molar-refractivity contribution is 5.89. The van der Waals surface area contributed by atoms with Gasteiger partial charge in [0.05, 0.1) is 31.6 Å². The maximum Gasteiger partial charge on any atom is 0.305 e. The lowest BCUT2D eigenvalue weighted by molar-refractivity contribution is -0.140. The van der Waals surface area contributed by atoms with E-state index in [1.807, 2.05) is 24.3 Å². The monoisotopic (exact) mass is 378 g/mol. The number of hydrogen-bond donors (Lipinski definition) is 2. The van der Waals surface area contributed by atoms with Crippen LogP contribution in [0.15, 0.2) is 24.3 Å². The molecule has 27 heavy (non-hydrogen) atoms. The molecular formula is C19H26N2O6. The van der Waals surface area contributed by atoms with Crippen LogP contribution in [0.4, 0.5) is 0 Å². The minimum absolute atomic E-state index is 0.0707. The molecule has 1 saturated heterocycles. The van der Waals surface area contributed by atoms with Crippen molar-refractivity contribution in [3.05, 3.63) is 29.8 Å². The van der Waals surface area contributed by atoms with Crippen LogP contribution in [0.25, 0.3) is 0 Å². The normalized spacial score (nSPS) is 18.9. The second-order valence-corrected chi connectivity index (χ2v) is 7.08. The molecule has 2 amide bonds. The average Bonchev–Trinajstić information content (AvgIpc) is 2.95. The quantitative estimate of drug-likeness (QED) is 0.665. The highest BCUT2D eigenvalue weighted by Gasteiger charge is 2.38. The summed E-state index contributed by atoms with van der Waals surface area (Å²) in [6, 6.07) is 7.40. The summed E-state index contributed by atoms with van der Waals surface area (Å²) in [6.45, 7) is 2.40. The maximum atomic E-state index is 12.6. The standard InChI is InChI=1S/C19H26N2O6/c1-19(12-26-2,9-17(23)24)20-18(25)14-8-16(22)21(11-14)10-13-4-6-15(27-3)7-5-13/h4-7,14H,8-12H2,1-3H3,(H,20,25)(H,23,24). The van der Waals surface area contributed by atoms with Gasteiger partial charge in [0.2, 0.25) is 11.8 Å². The fourth-order valence-corrected chi connectivity index (χ4v) is 3.24. The fraction of sp³-hybridized carbons (Fsp3) is 0.526. The van der Waals surface area contributed by atoms with Gasteiger partial charge in [0.15, 0.2) is 0 Å². The molecule has 1 aliphatic heterocycles. The predicted molar refractivity (Wildman–Crippen MR) is 97.2 cm³/mol. The lowest BCUT2D eigenvalue weighted by Crippen LogP contribution is -2.52. The first-order chi connectivity index (χ1) is 12.8. The number of rotatable bonds is 9. The van der Waals surface area contributed by atoms with Crippen molar-refractivity contribution in [3.8, 4) is 5.75 Å². The Hall–Kier alpha value is -2.61. The molecule has 1 fully saturated rings. The zero-order valence-electron chi connectivity index (χ0n) is 15.9. The van der Waals surface area contributed by atoms with Crippen LogP contribution in [0.2, 0.25) is 0 Å². The van der Waals surface area contributed by atoms with Gasteiger partial charge in [0.25, 0.3) is 0 Å². The van der Waals surface area contributed by atoms with E-state index in [9.17, 15) is 14.4 Å². The van der Waals surface area contributed by atoms with Crippen molar-refractivity contribution >= 4 is 17.8 Å². The Bertz CT molecular complexity index is 690. The van der Waals surface area contributed by atoms with E-state index in [1.165, 1.54) is 7.11 Å². The van der Waals surface area contributed by atoms with Crippen LogP contribution < -0.4 is 10.1 Å². The van der Waals surface area contributed by atoms with Crippen LogP contribution in [-0.4, -0.2) is 60.7 Å². The van der Waals surface area contributed by atoms with Crippen LogP contribution >= 0.6 is 0 Å². The number of aliphatic carboxylic acids is 1. The molecule has 2 atom stereocenters. The molecule has 1 aliphatic rings. The Morgan fingerprint density at radius 2 is 1.96 bits per heavy atom. The molecule has 0 aromatic heterocycles. The van der Waals surface area contributed by atoms with E-state index in [0.29, 0.717) is 13.1 Å². The van der Waals surface area contributed by atoms with E-state index in [1.54, 1.807) is 18.9 Å². The number of carbonyl (C=O) groups is 3. The predicted octanol–water partition coefficient (Wildman–Crippen LogP) is 1.04. The molecule has 8 nitrogen and oxygen atoms in total. The molecule has 1 aromatic carbocycles. The smallest absolute Gasteiger partial charge is 0.305 e. The molecule has 0 radical (unpaired) electrons. The molecule has 0 aliphatic carbocycles. The summed E-state index contributed by atoms with van der Waals surface area (Å²) in [4.78, 5) is 37.6. The van der Waals surface area contributed by atoms with Gasteiger partial charge in [0, 0.05) is 26.6 Å². The van der Waals surface area contributed by atoms with Crippen molar-refractivity contribution in [1.82, 2.24) is 10.2 Å². The summed E-state index contributed by atoms with van der Waals surface area (Å²) in [5.74, 6) is -1.24. The van der Waals surface area contributed by atoms with Crippen molar-refractivity contribution < 1.29 is 29.0 Å². The lowest BCUT2D eigenvalue weighted by atomic mass is 9.97. The number of carboxylic acids is 1. The zero-order valence-corrected chi connectivity index (χ0v) is 15.9. The van der Waals surface area contributed by atoms with Gasteiger partial charge in [-0.05, 0) is 24.6 Å².